The number of hydrogen-bond acceptors (Lipinski definition) is 8. The molecule has 0 aromatic rings. The van der Waals surface area contributed by atoms with E-state index in [-0.39, 0.29) is 19.1 Å². The number of unbranched alkanes of at least 4 members (excludes halogenated alkanes) is 1. The zero-order valence-corrected chi connectivity index (χ0v) is 20.3. The van der Waals surface area contributed by atoms with E-state index < -0.39 is 41.9 Å². The van der Waals surface area contributed by atoms with E-state index in [1.54, 1.807) is 13.8 Å². The van der Waals surface area contributed by atoms with Gasteiger partial charge in [0, 0.05) is 24.2 Å². The summed E-state index contributed by atoms with van der Waals surface area (Å²) in [5, 5.41) is 5.47. The fraction of sp³-hybridized carbons (Fsp3) is 0.652. The Bertz CT molecular complexity index is 677. The van der Waals surface area contributed by atoms with Crippen molar-refractivity contribution in [2.45, 2.75) is 71.6 Å². The lowest BCUT2D eigenvalue weighted by Crippen LogP contribution is -2.48. The first-order valence-corrected chi connectivity index (χ1v) is 10.9. The van der Waals surface area contributed by atoms with Gasteiger partial charge in [0.1, 0.15) is 25.4 Å². The number of ether oxygens (including phenoxy) is 4. The fourth-order valence-corrected chi connectivity index (χ4v) is 2.55. The molecule has 0 heterocycles. The highest BCUT2D eigenvalue weighted by Crippen LogP contribution is 2.22. The van der Waals surface area contributed by atoms with Crippen LogP contribution in [0.2, 0.25) is 0 Å². The van der Waals surface area contributed by atoms with E-state index in [0.29, 0.717) is 6.54 Å². The molecule has 0 rings (SSSR count). The predicted octanol–water partition coefficient (Wildman–Crippen LogP) is 3.26. The van der Waals surface area contributed by atoms with Gasteiger partial charge < -0.3 is 29.6 Å². The molecule has 2 N–H and O–H groups in total. The van der Waals surface area contributed by atoms with Crippen LogP contribution in [0.15, 0.2) is 25.3 Å². The van der Waals surface area contributed by atoms with Crippen molar-refractivity contribution in [1.82, 2.24) is 10.6 Å². The highest BCUT2D eigenvalue weighted by molar-refractivity contribution is 5.81. The number of amides is 2. The molecule has 0 aliphatic heterocycles. The summed E-state index contributed by atoms with van der Waals surface area (Å²) in [5.74, 6) is -1.02. The van der Waals surface area contributed by atoms with E-state index in [9.17, 15) is 19.2 Å². The molecule has 0 saturated carbocycles. The first-order chi connectivity index (χ1) is 15.4. The number of rotatable bonds is 15. The highest BCUT2D eigenvalue weighted by atomic mass is 16.6. The van der Waals surface area contributed by atoms with Gasteiger partial charge in [0.25, 0.3) is 0 Å². The number of alkyl carbamates (subject to hydrolysis) is 2. The van der Waals surface area contributed by atoms with Crippen LogP contribution in [0.3, 0.4) is 0 Å². The van der Waals surface area contributed by atoms with Crippen LogP contribution in [0, 0.1) is 5.92 Å². The van der Waals surface area contributed by atoms with Crippen LogP contribution in [0.5, 0.6) is 0 Å². The van der Waals surface area contributed by atoms with Gasteiger partial charge in [0.15, 0.2) is 0 Å². The summed E-state index contributed by atoms with van der Waals surface area (Å²) in [7, 11) is 0. The van der Waals surface area contributed by atoms with Crippen molar-refractivity contribution < 1.29 is 38.1 Å². The van der Waals surface area contributed by atoms with Gasteiger partial charge >= 0.3 is 24.1 Å². The quantitative estimate of drug-likeness (QED) is 0.161. The Kier molecular flexibility index (Phi) is 14.3. The Labute approximate surface area is 196 Å². The van der Waals surface area contributed by atoms with Crippen molar-refractivity contribution in [2.75, 3.05) is 19.8 Å². The molecule has 3 unspecified atom stereocenters. The molecule has 0 aromatic carbocycles. The monoisotopic (exact) mass is 470 g/mol. The lowest BCUT2D eigenvalue weighted by atomic mass is 9.85. The number of carbonyl (C=O) groups excluding carboxylic acids is 4. The Hall–Kier alpha value is -3.04. The van der Waals surface area contributed by atoms with E-state index in [1.165, 1.54) is 0 Å². The topological polar surface area (TPSA) is 129 Å². The molecular weight excluding hydrogens is 432 g/mol. The lowest BCUT2D eigenvalue weighted by Gasteiger charge is -2.32. The first kappa shape index (κ1) is 30.0. The van der Waals surface area contributed by atoms with E-state index >= 15 is 0 Å². The Balaban J connectivity index is 4.08. The summed E-state index contributed by atoms with van der Waals surface area (Å²) in [5.41, 5.74) is -0.524. The largest absolute Gasteiger partial charge is 0.456 e. The van der Waals surface area contributed by atoms with Gasteiger partial charge in [-0.05, 0) is 46.5 Å². The van der Waals surface area contributed by atoms with E-state index in [1.807, 2.05) is 20.8 Å². The van der Waals surface area contributed by atoms with Crippen molar-refractivity contribution in [3.05, 3.63) is 25.3 Å². The van der Waals surface area contributed by atoms with Crippen LogP contribution in [-0.4, -0.2) is 61.6 Å². The predicted molar refractivity (Wildman–Crippen MR) is 122 cm³/mol. The molecule has 188 valence electrons. The van der Waals surface area contributed by atoms with Crippen LogP contribution in [-0.2, 0) is 28.5 Å². The molecule has 0 spiro atoms. The van der Waals surface area contributed by atoms with Crippen LogP contribution in [0.1, 0.15) is 53.9 Å². The molecule has 0 aromatic heterocycles. The van der Waals surface area contributed by atoms with Crippen molar-refractivity contribution in [1.29, 1.82) is 0 Å². The van der Waals surface area contributed by atoms with Crippen molar-refractivity contribution in [2.24, 2.45) is 5.92 Å². The SMILES string of the molecule is C=CC(=O)OC(C)COC(=O)NCCCCC(C)C(C)(C)NC(=O)OCC(C)OC(=O)C=C. The van der Waals surface area contributed by atoms with Crippen molar-refractivity contribution in [3.63, 3.8) is 0 Å². The minimum atomic E-state index is -0.592. The van der Waals surface area contributed by atoms with Gasteiger partial charge in [0.2, 0.25) is 0 Å². The molecule has 2 amide bonds. The molecule has 0 bridgehead atoms. The van der Waals surface area contributed by atoms with E-state index in [2.05, 4.69) is 23.8 Å². The summed E-state index contributed by atoms with van der Waals surface area (Å²) in [6, 6.07) is 0. The molecule has 0 saturated heterocycles. The smallest absolute Gasteiger partial charge is 0.407 e. The second-order valence-corrected chi connectivity index (χ2v) is 8.27. The van der Waals surface area contributed by atoms with E-state index in [0.717, 1.165) is 31.4 Å². The Morgan fingerprint density at radius 2 is 1.33 bits per heavy atom. The molecule has 3 atom stereocenters. The maximum Gasteiger partial charge on any atom is 0.407 e. The van der Waals surface area contributed by atoms with Crippen LogP contribution >= 0.6 is 0 Å². The fourth-order valence-electron chi connectivity index (χ4n) is 2.55. The lowest BCUT2D eigenvalue weighted by molar-refractivity contribution is -0.144. The zero-order chi connectivity index (χ0) is 25.4. The number of nitrogens with one attached hydrogen (secondary N) is 2. The first-order valence-electron chi connectivity index (χ1n) is 10.9. The molecule has 10 nitrogen and oxygen atoms in total. The summed E-state index contributed by atoms with van der Waals surface area (Å²) in [6.07, 6.45) is 2.14. The third kappa shape index (κ3) is 14.6. The average molecular weight is 471 g/mol. The standard InChI is InChI=1S/C23H38N2O8/c1-8-19(26)32-17(4)14-30-21(28)24-13-11-10-12-16(3)23(6,7)25-22(29)31-15-18(5)33-20(27)9-2/h8-9,16-18H,1-2,10-15H2,3-7H3,(H,24,28)(H,25,29). The Morgan fingerprint density at radius 3 is 1.82 bits per heavy atom. The van der Waals surface area contributed by atoms with Crippen molar-refractivity contribution in [3.8, 4) is 0 Å². The van der Waals surface area contributed by atoms with Crippen LogP contribution in [0.4, 0.5) is 9.59 Å². The number of hydrogen-bond donors (Lipinski definition) is 2. The molecular formula is C23H38N2O8. The summed E-state index contributed by atoms with van der Waals surface area (Å²) in [6.45, 7) is 16.0. The highest BCUT2D eigenvalue weighted by Gasteiger charge is 2.28. The van der Waals surface area contributed by atoms with Crippen LogP contribution < -0.4 is 10.6 Å². The minimum absolute atomic E-state index is 0.0477. The normalized spacial score (nSPS) is 13.5. The van der Waals surface area contributed by atoms with Gasteiger partial charge in [-0.2, -0.15) is 0 Å². The van der Waals surface area contributed by atoms with Crippen molar-refractivity contribution >= 4 is 24.1 Å². The maximum absolute atomic E-state index is 12.1. The second kappa shape index (κ2) is 15.7. The third-order valence-corrected chi connectivity index (χ3v) is 4.86. The number of esters is 2. The van der Waals surface area contributed by atoms with Gasteiger partial charge in [-0.3, -0.25) is 0 Å². The molecule has 0 aliphatic carbocycles. The van der Waals surface area contributed by atoms with Gasteiger partial charge in [-0.25, -0.2) is 19.2 Å². The minimum Gasteiger partial charge on any atom is -0.456 e. The van der Waals surface area contributed by atoms with Gasteiger partial charge in [-0.15, -0.1) is 0 Å². The molecule has 33 heavy (non-hydrogen) atoms. The number of carbonyl (C=O) groups is 4. The van der Waals surface area contributed by atoms with E-state index in [4.69, 9.17) is 18.9 Å². The summed E-state index contributed by atoms with van der Waals surface area (Å²) in [4.78, 5) is 45.9. The van der Waals surface area contributed by atoms with Gasteiger partial charge in [0.05, 0.1) is 0 Å². The molecule has 0 fully saturated rings. The molecule has 0 aliphatic rings. The zero-order valence-electron chi connectivity index (χ0n) is 20.3. The average Bonchev–Trinajstić information content (AvgIpc) is 2.75. The van der Waals surface area contributed by atoms with Gasteiger partial charge in [-0.1, -0.05) is 26.5 Å². The summed E-state index contributed by atoms with van der Waals surface area (Å²) < 4.78 is 19.9. The Morgan fingerprint density at radius 1 is 0.848 bits per heavy atom. The third-order valence-electron chi connectivity index (χ3n) is 4.86. The second-order valence-electron chi connectivity index (χ2n) is 8.27. The maximum atomic E-state index is 12.1. The summed E-state index contributed by atoms with van der Waals surface area (Å²) >= 11 is 0. The van der Waals surface area contributed by atoms with Crippen LogP contribution in [0.25, 0.3) is 0 Å². The molecule has 10 heteroatoms. The molecule has 0 radical (unpaired) electrons.